The van der Waals surface area contributed by atoms with Gasteiger partial charge in [0, 0.05) is 17.3 Å². The molecular formula is C27H16ClN5. The van der Waals surface area contributed by atoms with Crippen molar-refractivity contribution in [2.24, 2.45) is 0 Å². The number of nitriles is 1. The second-order valence-corrected chi connectivity index (χ2v) is 7.68. The number of benzene rings is 3. The number of aromatic nitrogens is 4. The van der Waals surface area contributed by atoms with Gasteiger partial charge in [-0.05, 0) is 41.5 Å². The molecule has 0 N–H and O–H groups in total. The molecule has 2 aromatic heterocycles. The van der Waals surface area contributed by atoms with Crippen LogP contribution in [0.4, 0.5) is 0 Å². The van der Waals surface area contributed by atoms with Crippen molar-refractivity contribution in [3.63, 3.8) is 0 Å². The fourth-order valence-electron chi connectivity index (χ4n) is 3.45. The molecule has 5 nitrogen and oxygen atoms in total. The van der Waals surface area contributed by atoms with E-state index in [-0.39, 0.29) is 0 Å². The van der Waals surface area contributed by atoms with Gasteiger partial charge in [0.05, 0.1) is 16.7 Å². The molecule has 156 valence electrons. The van der Waals surface area contributed by atoms with Gasteiger partial charge in [0.25, 0.3) is 0 Å². The Morgan fingerprint density at radius 2 is 1.27 bits per heavy atom. The summed E-state index contributed by atoms with van der Waals surface area (Å²) in [7, 11) is 0. The predicted octanol–water partition coefficient (Wildman–Crippen LogP) is 6.46. The second kappa shape index (κ2) is 8.99. The van der Waals surface area contributed by atoms with Crippen LogP contribution in [0.2, 0.25) is 5.02 Å². The molecule has 0 atom stereocenters. The largest absolute Gasteiger partial charge is 0.251 e. The maximum absolute atomic E-state index is 9.06. The van der Waals surface area contributed by atoms with E-state index < -0.39 is 0 Å². The van der Waals surface area contributed by atoms with Crippen molar-refractivity contribution >= 4 is 11.6 Å². The van der Waals surface area contributed by atoms with Gasteiger partial charge in [0.15, 0.2) is 17.5 Å². The highest BCUT2D eigenvalue weighted by molar-refractivity contribution is 6.32. The van der Waals surface area contributed by atoms with E-state index >= 15 is 0 Å². The summed E-state index contributed by atoms with van der Waals surface area (Å²) in [4.78, 5) is 18.5. The molecule has 0 aliphatic rings. The van der Waals surface area contributed by atoms with Crippen LogP contribution < -0.4 is 0 Å². The Bertz CT molecular complexity index is 1480. The van der Waals surface area contributed by atoms with Gasteiger partial charge in [-0.2, -0.15) is 5.26 Å². The van der Waals surface area contributed by atoms with E-state index in [0.717, 1.165) is 22.3 Å². The van der Waals surface area contributed by atoms with E-state index in [2.05, 4.69) is 16.0 Å². The molecule has 5 aromatic rings. The van der Waals surface area contributed by atoms with Crippen LogP contribution in [-0.4, -0.2) is 19.9 Å². The summed E-state index contributed by atoms with van der Waals surface area (Å²) >= 11 is 6.40. The van der Waals surface area contributed by atoms with Gasteiger partial charge < -0.3 is 0 Å². The Balaban J connectivity index is 1.65. The summed E-state index contributed by atoms with van der Waals surface area (Å²) in [6, 6.07) is 30.9. The lowest BCUT2D eigenvalue weighted by atomic mass is 10.0. The lowest BCUT2D eigenvalue weighted by Gasteiger charge is -2.10. The zero-order chi connectivity index (χ0) is 22.6. The topological polar surface area (TPSA) is 75.3 Å². The van der Waals surface area contributed by atoms with Crippen molar-refractivity contribution in [3.05, 3.63) is 108 Å². The number of rotatable bonds is 4. The minimum atomic E-state index is 0.410. The first-order valence-corrected chi connectivity index (χ1v) is 10.6. The van der Waals surface area contributed by atoms with E-state index in [1.807, 2.05) is 66.7 Å². The molecular weight excluding hydrogens is 430 g/mol. The summed E-state index contributed by atoms with van der Waals surface area (Å²) in [6.45, 7) is 0. The number of pyridine rings is 1. The van der Waals surface area contributed by atoms with E-state index in [1.54, 1.807) is 30.5 Å². The van der Waals surface area contributed by atoms with Crippen LogP contribution in [-0.2, 0) is 0 Å². The van der Waals surface area contributed by atoms with Crippen LogP contribution in [0.25, 0.3) is 45.4 Å². The van der Waals surface area contributed by atoms with Crippen LogP contribution >= 0.6 is 11.6 Å². The van der Waals surface area contributed by atoms with Crippen LogP contribution in [0.5, 0.6) is 0 Å². The maximum Gasteiger partial charge on any atom is 0.183 e. The molecule has 3 aromatic carbocycles. The molecule has 0 fully saturated rings. The van der Waals surface area contributed by atoms with Crippen molar-refractivity contribution in [1.82, 2.24) is 19.9 Å². The van der Waals surface area contributed by atoms with Gasteiger partial charge >= 0.3 is 0 Å². The highest BCUT2D eigenvalue weighted by Crippen LogP contribution is 2.29. The maximum atomic E-state index is 9.06. The van der Waals surface area contributed by atoms with Gasteiger partial charge in [0.1, 0.15) is 5.69 Å². The SMILES string of the molecule is N#Cc1ccc(-c2cccc(-c3nc(-c4ccccc4)nc(-c4ncccc4Cl)n3)c2)cc1. The molecule has 0 bridgehead atoms. The number of nitrogens with zero attached hydrogens (tertiary/aromatic N) is 5. The second-order valence-electron chi connectivity index (χ2n) is 7.28. The van der Waals surface area contributed by atoms with Crippen molar-refractivity contribution in [3.8, 4) is 51.5 Å². The standard InChI is InChI=1S/C27H16ClN5/c28-23-10-5-15-30-24(23)27-32-25(20-6-2-1-3-7-20)31-26(33-27)22-9-4-8-21(16-22)19-13-11-18(17-29)12-14-19/h1-16H. The minimum absolute atomic E-state index is 0.410. The molecule has 0 spiro atoms. The summed E-state index contributed by atoms with van der Waals surface area (Å²) in [6.07, 6.45) is 1.67. The van der Waals surface area contributed by atoms with E-state index in [4.69, 9.17) is 26.8 Å². The Hall–Kier alpha value is -4.40. The zero-order valence-corrected chi connectivity index (χ0v) is 18.1. The molecule has 0 unspecified atom stereocenters. The van der Waals surface area contributed by atoms with Crippen molar-refractivity contribution in [1.29, 1.82) is 5.26 Å². The highest BCUT2D eigenvalue weighted by atomic mass is 35.5. The first kappa shape index (κ1) is 20.5. The Morgan fingerprint density at radius 1 is 0.606 bits per heavy atom. The van der Waals surface area contributed by atoms with Crippen LogP contribution in [0.15, 0.2) is 97.2 Å². The van der Waals surface area contributed by atoms with Gasteiger partial charge in [-0.25, -0.2) is 15.0 Å². The van der Waals surface area contributed by atoms with E-state index in [9.17, 15) is 0 Å². The lowest BCUT2D eigenvalue weighted by molar-refractivity contribution is 1.06. The molecule has 0 aliphatic heterocycles. The molecule has 6 heteroatoms. The molecule has 0 aliphatic carbocycles. The molecule has 0 saturated carbocycles. The monoisotopic (exact) mass is 445 g/mol. The van der Waals surface area contributed by atoms with Gasteiger partial charge in [-0.15, -0.1) is 0 Å². The average Bonchev–Trinajstić information content (AvgIpc) is 2.89. The minimum Gasteiger partial charge on any atom is -0.251 e. The first-order valence-electron chi connectivity index (χ1n) is 10.2. The van der Waals surface area contributed by atoms with Crippen LogP contribution in [0, 0.1) is 11.3 Å². The van der Waals surface area contributed by atoms with Gasteiger partial charge in [0.2, 0.25) is 0 Å². The van der Waals surface area contributed by atoms with Crippen molar-refractivity contribution < 1.29 is 0 Å². The predicted molar refractivity (Wildman–Crippen MR) is 129 cm³/mol. The average molecular weight is 446 g/mol. The third kappa shape index (κ3) is 4.33. The normalized spacial score (nSPS) is 10.5. The fourth-order valence-corrected chi connectivity index (χ4v) is 3.66. The quantitative estimate of drug-likeness (QED) is 0.317. The van der Waals surface area contributed by atoms with E-state index in [1.165, 1.54) is 0 Å². The summed E-state index contributed by atoms with van der Waals surface area (Å²) in [5.41, 5.74) is 4.83. The third-order valence-corrected chi connectivity index (χ3v) is 5.41. The summed E-state index contributed by atoms with van der Waals surface area (Å²) in [5, 5.41) is 9.54. The van der Waals surface area contributed by atoms with Gasteiger partial charge in [-0.1, -0.05) is 72.3 Å². The van der Waals surface area contributed by atoms with E-state index in [0.29, 0.717) is 33.8 Å². The lowest BCUT2D eigenvalue weighted by Crippen LogP contribution is -2.01. The Labute approximate surface area is 196 Å². The summed E-state index contributed by atoms with van der Waals surface area (Å²) in [5.74, 6) is 1.48. The summed E-state index contributed by atoms with van der Waals surface area (Å²) < 4.78 is 0. The molecule has 0 saturated heterocycles. The molecule has 0 radical (unpaired) electrons. The molecule has 0 amide bonds. The van der Waals surface area contributed by atoms with Crippen molar-refractivity contribution in [2.75, 3.05) is 0 Å². The number of halogens is 1. The smallest absolute Gasteiger partial charge is 0.183 e. The third-order valence-electron chi connectivity index (χ3n) is 5.11. The highest BCUT2D eigenvalue weighted by Gasteiger charge is 2.15. The molecule has 2 heterocycles. The zero-order valence-electron chi connectivity index (χ0n) is 17.4. The van der Waals surface area contributed by atoms with Crippen LogP contribution in [0.1, 0.15) is 5.56 Å². The first-order chi connectivity index (χ1) is 16.2. The van der Waals surface area contributed by atoms with Crippen LogP contribution in [0.3, 0.4) is 0 Å². The van der Waals surface area contributed by atoms with Crippen molar-refractivity contribution in [2.45, 2.75) is 0 Å². The fraction of sp³-hybridized carbons (Fsp3) is 0. The molecule has 33 heavy (non-hydrogen) atoms. The Kier molecular flexibility index (Phi) is 5.59. The van der Waals surface area contributed by atoms with Gasteiger partial charge in [-0.3, -0.25) is 4.98 Å². The number of hydrogen-bond donors (Lipinski definition) is 0. The molecule has 5 rings (SSSR count). The Morgan fingerprint density at radius 3 is 2.00 bits per heavy atom. The number of hydrogen-bond acceptors (Lipinski definition) is 5.